The van der Waals surface area contributed by atoms with Gasteiger partial charge >= 0.3 is 5.97 Å². The van der Waals surface area contributed by atoms with Gasteiger partial charge in [-0.15, -0.1) is 0 Å². The van der Waals surface area contributed by atoms with Crippen molar-refractivity contribution in [2.75, 3.05) is 0 Å². The Morgan fingerprint density at radius 2 is 1.91 bits per heavy atom. The number of carboxylic acid groups (broad SMARTS) is 1. The van der Waals surface area contributed by atoms with Crippen molar-refractivity contribution in [3.05, 3.63) is 99.1 Å². The Kier molecular flexibility index (Phi) is 7.67. The smallest absolute Gasteiger partial charge is 0.335 e. The first kappa shape index (κ1) is 24.8. The molecule has 0 amide bonds. The number of ether oxygens (including phenoxy) is 1. The zero-order valence-electron chi connectivity index (χ0n) is 17.6. The van der Waals surface area contributed by atoms with E-state index < -0.39 is 5.97 Å². The number of carbonyl (C=O) groups is 1. The molecule has 1 aromatic heterocycles. The van der Waals surface area contributed by atoms with Crippen LogP contribution in [0.15, 0.2) is 69.0 Å². The molecular weight excluding hydrogens is 728 g/mol. The Morgan fingerprint density at radius 3 is 2.62 bits per heavy atom. The fraction of sp³-hybridized carbons (Fsp3) is 0.0833. The highest BCUT2D eigenvalue weighted by Gasteiger charge is 2.11. The number of aryl methyl sites for hydroxylation is 1. The topological polar surface area (TPSA) is 93.8 Å². The molecule has 4 rings (SSSR count). The number of aromatic nitrogens is 2. The quantitative estimate of drug-likeness (QED) is 0.198. The first-order chi connectivity index (χ1) is 16.2. The molecule has 34 heavy (non-hydrogen) atoms. The van der Waals surface area contributed by atoms with Gasteiger partial charge < -0.3 is 9.84 Å². The summed E-state index contributed by atoms with van der Waals surface area (Å²) in [7, 11) is 0. The molecule has 172 valence electrons. The highest BCUT2D eigenvalue weighted by Crippen LogP contribution is 2.29. The van der Waals surface area contributed by atoms with Gasteiger partial charge in [-0.2, -0.15) is 9.78 Å². The van der Waals surface area contributed by atoms with E-state index in [0.717, 1.165) is 22.7 Å². The molecule has 0 saturated heterocycles. The van der Waals surface area contributed by atoms with E-state index in [0.29, 0.717) is 22.5 Å². The molecular formula is C24H16BrI2N3O4. The average Bonchev–Trinajstić information content (AvgIpc) is 2.79. The van der Waals surface area contributed by atoms with Crippen LogP contribution in [0.4, 0.5) is 0 Å². The van der Waals surface area contributed by atoms with Crippen LogP contribution in [0.25, 0.3) is 10.9 Å². The van der Waals surface area contributed by atoms with Crippen LogP contribution in [0.5, 0.6) is 5.75 Å². The van der Waals surface area contributed by atoms with Gasteiger partial charge in [0.1, 0.15) is 18.2 Å². The third-order valence-corrected chi connectivity index (χ3v) is 6.97. The zero-order chi connectivity index (χ0) is 24.4. The largest absolute Gasteiger partial charge is 0.487 e. The first-order valence-corrected chi connectivity index (χ1v) is 12.9. The predicted octanol–water partition coefficient (Wildman–Crippen LogP) is 5.84. The number of nitrogens with zero attached hydrogens (tertiary/aromatic N) is 3. The second-order valence-corrected chi connectivity index (χ2v) is 10.5. The molecule has 0 spiro atoms. The summed E-state index contributed by atoms with van der Waals surface area (Å²) in [4.78, 5) is 28.6. The van der Waals surface area contributed by atoms with Gasteiger partial charge in [0.25, 0.3) is 5.56 Å². The minimum Gasteiger partial charge on any atom is -0.487 e. The number of benzene rings is 3. The molecule has 0 aliphatic heterocycles. The van der Waals surface area contributed by atoms with Crippen LogP contribution < -0.4 is 10.3 Å². The van der Waals surface area contributed by atoms with Gasteiger partial charge in [0, 0.05) is 4.47 Å². The highest BCUT2D eigenvalue weighted by atomic mass is 127. The summed E-state index contributed by atoms with van der Waals surface area (Å²) in [5.74, 6) is 0.215. The van der Waals surface area contributed by atoms with Crippen molar-refractivity contribution in [3.8, 4) is 5.75 Å². The fourth-order valence-corrected chi connectivity index (χ4v) is 5.75. The van der Waals surface area contributed by atoms with Crippen LogP contribution in [0.3, 0.4) is 0 Å². The Balaban J connectivity index is 1.58. The van der Waals surface area contributed by atoms with Crippen molar-refractivity contribution in [3.63, 3.8) is 0 Å². The number of carboxylic acids is 1. The maximum atomic E-state index is 12.9. The summed E-state index contributed by atoms with van der Waals surface area (Å²) in [6.45, 7) is 1.98. The molecule has 4 aromatic rings. The number of rotatable bonds is 6. The standard InChI is InChI=1S/C24H16BrI2N3O4/c1-13-29-21-6-5-17(25)10-18(21)23(31)30(13)28-11-15-8-19(26)22(20(27)9-15)34-12-14-3-2-4-16(7-14)24(32)33/h2-11H,12H2,1H3,(H,32,33). The Morgan fingerprint density at radius 1 is 1.18 bits per heavy atom. The maximum Gasteiger partial charge on any atom is 0.335 e. The van der Waals surface area contributed by atoms with Crippen molar-refractivity contribution < 1.29 is 14.6 Å². The second kappa shape index (κ2) is 10.5. The molecule has 10 heteroatoms. The van der Waals surface area contributed by atoms with Gasteiger partial charge in [0.05, 0.1) is 29.8 Å². The Labute approximate surface area is 230 Å². The van der Waals surface area contributed by atoms with E-state index in [2.05, 4.69) is 71.2 Å². The van der Waals surface area contributed by atoms with Crippen molar-refractivity contribution in [1.82, 2.24) is 9.66 Å². The minimum atomic E-state index is -0.974. The highest BCUT2D eigenvalue weighted by molar-refractivity contribution is 14.1. The van der Waals surface area contributed by atoms with E-state index in [-0.39, 0.29) is 17.7 Å². The molecule has 1 heterocycles. The molecule has 3 aromatic carbocycles. The van der Waals surface area contributed by atoms with Crippen LogP contribution in [0, 0.1) is 14.1 Å². The van der Waals surface area contributed by atoms with E-state index in [4.69, 9.17) is 9.84 Å². The third-order valence-electron chi connectivity index (χ3n) is 4.87. The van der Waals surface area contributed by atoms with Crippen molar-refractivity contribution >= 4 is 84.2 Å². The summed E-state index contributed by atoms with van der Waals surface area (Å²) in [5.41, 5.74) is 2.17. The molecule has 1 N–H and O–H groups in total. The Bertz CT molecular complexity index is 1500. The molecule has 0 radical (unpaired) electrons. The lowest BCUT2D eigenvalue weighted by molar-refractivity contribution is 0.0696. The van der Waals surface area contributed by atoms with Gasteiger partial charge in [0.2, 0.25) is 0 Å². The molecule has 0 atom stereocenters. The van der Waals surface area contributed by atoms with Gasteiger partial charge in [-0.05, 0) is 106 Å². The van der Waals surface area contributed by atoms with Crippen LogP contribution >= 0.6 is 61.1 Å². The predicted molar refractivity (Wildman–Crippen MR) is 151 cm³/mol. The lowest BCUT2D eigenvalue weighted by atomic mass is 10.1. The van der Waals surface area contributed by atoms with E-state index in [1.165, 1.54) is 4.68 Å². The van der Waals surface area contributed by atoms with Crippen LogP contribution in [0.1, 0.15) is 27.3 Å². The third kappa shape index (κ3) is 5.49. The molecule has 0 aliphatic rings. The second-order valence-electron chi connectivity index (χ2n) is 7.29. The minimum absolute atomic E-state index is 0.220. The number of halogens is 3. The van der Waals surface area contributed by atoms with Gasteiger partial charge in [-0.3, -0.25) is 4.79 Å². The molecule has 7 nitrogen and oxygen atoms in total. The van der Waals surface area contributed by atoms with Crippen LogP contribution in [-0.4, -0.2) is 27.0 Å². The molecule has 0 unspecified atom stereocenters. The molecule has 0 aliphatic carbocycles. The summed E-state index contributed by atoms with van der Waals surface area (Å²) in [6, 6.07) is 15.8. The summed E-state index contributed by atoms with van der Waals surface area (Å²) in [6.07, 6.45) is 1.62. The number of fused-ring (bicyclic) bond motifs is 1. The van der Waals surface area contributed by atoms with Crippen LogP contribution in [-0.2, 0) is 6.61 Å². The van der Waals surface area contributed by atoms with E-state index in [1.807, 2.05) is 24.3 Å². The van der Waals surface area contributed by atoms with Crippen molar-refractivity contribution in [1.29, 1.82) is 0 Å². The SMILES string of the molecule is Cc1nc2ccc(Br)cc2c(=O)n1N=Cc1cc(I)c(OCc2cccc(C(=O)O)c2)c(I)c1. The van der Waals surface area contributed by atoms with Crippen molar-refractivity contribution in [2.45, 2.75) is 13.5 Å². The van der Waals surface area contributed by atoms with Gasteiger partial charge in [-0.1, -0.05) is 28.1 Å². The van der Waals surface area contributed by atoms with E-state index in [9.17, 15) is 9.59 Å². The average molecular weight is 744 g/mol. The lowest BCUT2D eigenvalue weighted by Crippen LogP contribution is -2.20. The van der Waals surface area contributed by atoms with Crippen molar-refractivity contribution in [2.24, 2.45) is 5.10 Å². The zero-order valence-corrected chi connectivity index (χ0v) is 23.5. The molecule has 0 bridgehead atoms. The summed E-state index contributed by atoms with van der Waals surface area (Å²) < 4.78 is 9.80. The first-order valence-electron chi connectivity index (χ1n) is 9.90. The van der Waals surface area contributed by atoms with E-state index >= 15 is 0 Å². The number of hydrogen-bond donors (Lipinski definition) is 1. The summed E-state index contributed by atoms with van der Waals surface area (Å²) >= 11 is 7.76. The molecule has 0 saturated carbocycles. The number of aromatic carboxylic acids is 1. The van der Waals surface area contributed by atoms with E-state index in [1.54, 1.807) is 43.5 Å². The fourth-order valence-electron chi connectivity index (χ4n) is 3.26. The van der Waals surface area contributed by atoms with Gasteiger partial charge in [-0.25, -0.2) is 9.78 Å². The summed E-state index contributed by atoms with van der Waals surface area (Å²) in [5, 5.41) is 14.0. The maximum absolute atomic E-state index is 12.9. The lowest BCUT2D eigenvalue weighted by Gasteiger charge is -2.12. The number of hydrogen-bond acceptors (Lipinski definition) is 5. The normalized spacial score (nSPS) is 11.3. The van der Waals surface area contributed by atoms with Crippen LogP contribution in [0.2, 0.25) is 0 Å². The molecule has 0 fully saturated rings. The Hall–Kier alpha value is -2.32. The monoisotopic (exact) mass is 743 g/mol. The van der Waals surface area contributed by atoms with Gasteiger partial charge in [0.15, 0.2) is 0 Å².